The largest absolute Gasteiger partial charge is 0.507 e. The number of methoxy groups -OCH3 is 1. The van der Waals surface area contributed by atoms with Crippen molar-refractivity contribution in [2.45, 2.75) is 12.6 Å². The van der Waals surface area contributed by atoms with Crippen LogP contribution in [0.2, 0.25) is 5.02 Å². The Bertz CT molecular complexity index is 1520. The lowest BCUT2D eigenvalue weighted by Gasteiger charge is -2.26. The SMILES string of the molecule is COc1ccc(Cl)c(/C(O)=C2\C(=O)C(=O)N(c3ccccc3)C2c2cccc(OCc3ccccc3)c2)c1. The zero-order valence-corrected chi connectivity index (χ0v) is 21.3. The van der Waals surface area contributed by atoms with Crippen LogP contribution in [0, 0.1) is 0 Å². The first-order valence-electron chi connectivity index (χ1n) is 11.9. The monoisotopic (exact) mass is 525 g/mol. The molecule has 190 valence electrons. The predicted octanol–water partition coefficient (Wildman–Crippen LogP) is 6.55. The van der Waals surface area contributed by atoms with Crippen molar-refractivity contribution in [1.82, 2.24) is 0 Å². The lowest BCUT2D eigenvalue weighted by atomic mass is 9.95. The standard InChI is InChI=1S/C31H24ClNO5/c1-37-23-15-16-26(32)25(18-23)29(34)27-28(33(31(36)30(27)35)22-12-6-3-7-13-22)21-11-8-14-24(17-21)38-19-20-9-4-2-5-10-20/h2-18,28,34H,19H2,1H3/b29-27+. The number of Topliss-reactive ketones (excluding diaryl/α,β-unsaturated/α-hetero) is 1. The van der Waals surface area contributed by atoms with Crippen LogP contribution in [0.25, 0.3) is 5.76 Å². The van der Waals surface area contributed by atoms with Crippen molar-refractivity contribution in [3.05, 3.63) is 130 Å². The minimum absolute atomic E-state index is 0.0748. The topological polar surface area (TPSA) is 76.1 Å². The maximum Gasteiger partial charge on any atom is 0.300 e. The molecule has 1 N–H and O–H groups in total. The van der Waals surface area contributed by atoms with E-state index in [1.807, 2.05) is 36.4 Å². The highest BCUT2D eigenvalue weighted by Crippen LogP contribution is 2.44. The highest BCUT2D eigenvalue weighted by atomic mass is 35.5. The number of para-hydroxylation sites is 1. The fourth-order valence-corrected chi connectivity index (χ4v) is 4.68. The van der Waals surface area contributed by atoms with Gasteiger partial charge < -0.3 is 14.6 Å². The van der Waals surface area contributed by atoms with Gasteiger partial charge in [0.1, 0.15) is 23.9 Å². The van der Waals surface area contributed by atoms with Crippen LogP contribution in [0.4, 0.5) is 5.69 Å². The molecule has 0 aromatic heterocycles. The molecule has 1 atom stereocenters. The van der Waals surface area contributed by atoms with Crippen LogP contribution in [-0.4, -0.2) is 23.9 Å². The van der Waals surface area contributed by atoms with Gasteiger partial charge in [0, 0.05) is 11.3 Å². The van der Waals surface area contributed by atoms with E-state index >= 15 is 0 Å². The number of benzene rings is 4. The molecule has 38 heavy (non-hydrogen) atoms. The molecule has 1 heterocycles. The third kappa shape index (κ3) is 4.86. The van der Waals surface area contributed by atoms with Gasteiger partial charge in [0.25, 0.3) is 11.7 Å². The van der Waals surface area contributed by atoms with E-state index < -0.39 is 17.7 Å². The van der Waals surface area contributed by atoms with Crippen molar-refractivity contribution in [2.24, 2.45) is 0 Å². The van der Waals surface area contributed by atoms with Gasteiger partial charge in [-0.2, -0.15) is 0 Å². The van der Waals surface area contributed by atoms with Gasteiger partial charge in [-0.25, -0.2) is 0 Å². The van der Waals surface area contributed by atoms with Gasteiger partial charge in [-0.3, -0.25) is 14.5 Å². The number of ether oxygens (including phenoxy) is 2. The number of aliphatic hydroxyl groups excluding tert-OH is 1. The van der Waals surface area contributed by atoms with E-state index in [0.717, 1.165) is 5.56 Å². The summed E-state index contributed by atoms with van der Waals surface area (Å²) >= 11 is 6.40. The molecule has 0 aliphatic carbocycles. The average molecular weight is 526 g/mol. The smallest absolute Gasteiger partial charge is 0.300 e. The zero-order chi connectivity index (χ0) is 26.6. The molecule has 4 aromatic carbocycles. The molecule has 6 nitrogen and oxygen atoms in total. The Hall–Kier alpha value is -4.55. The van der Waals surface area contributed by atoms with Gasteiger partial charge in [-0.1, -0.05) is 72.3 Å². The normalized spacial score (nSPS) is 16.5. The van der Waals surface area contributed by atoms with E-state index in [-0.39, 0.29) is 21.9 Å². The summed E-state index contributed by atoms with van der Waals surface area (Å²) < 4.78 is 11.3. The highest BCUT2D eigenvalue weighted by molar-refractivity contribution is 6.52. The Morgan fingerprint density at radius 3 is 2.29 bits per heavy atom. The quantitative estimate of drug-likeness (QED) is 0.168. The number of carbonyl (C=O) groups excluding carboxylic acids is 2. The summed E-state index contributed by atoms with van der Waals surface area (Å²) in [4.78, 5) is 28.2. The fourth-order valence-electron chi connectivity index (χ4n) is 4.48. The molecular weight excluding hydrogens is 502 g/mol. The van der Waals surface area contributed by atoms with E-state index in [0.29, 0.717) is 29.4 Å². The number of hydrogen-bond acceptors (Lipinski definition) is 5. The van der Waals surface area contributed by atoms with Crippen LogP contribution in [0.15, 0.2) is 109 Å². The van der Waals surface area contributed by atoms with E-state index in [2.05, 4.69) is 0 Å². The lowest BCUT2D eigenvalue weighted by molar-refractivity contribution is -0.132. The third-order valence-electron chi connectivity index (χ3n) is 6.33. The zero-order valence-electron chi connectivity index (χ0n) is 20.5. The molecule has 1 unspecified atom stereocenters. The van der Waals surface area contributed by atoms with Crippen molar-refractivity contribution < 1.29 is 24.2 Å². The number of carbonyl (C=O) groups is 2. The number of amides is 1. The number of rotatable bonds is 7. The molecule has 0 spiro atoms. The average Bonchev–Trinajstić information content (AvgIpc) is 3.23. The summed E-state index contributed by atoms with van der Waals surface area (Å²) in [5.74, 6) is -0.944. The minimum atomic E-state index is -0.917. The molecule has 1 aliphatic rings. The number of halogens is 1. The molecule has 0 bridgehead atoms. The van der Waals surface area contributed by atoms with Crippen LogP contribution in [0.3, 0.4) is 0 Å². The molecule has 1 amide bonds. The van der Waals surface area contributed by atoms with E-state index in [9.17, 15) is 14.7 Å². The minimum Gasteiger partial charge on any atom is -0.507 e. The summed E-state index contributed by atoms with van der Waals surface area (Å²) in [5, 5.41) is 11.7. The van der Waals surface area contributed by atoms with Crippen LogP contribution < -0.4 is 14.4 Å². The Kier molecular flexibility index (Phi) is 7.15. The Labute approximate surface area is 225 Å². The molecule has 1 aliphatic heterocycles. The van der Waals surface area contributed by atoms with Gasteiger partial charge >= 0.3 is 0 Å². The molecule has 1 saturated heterocycles. The van der Waals surface area contributed by atoms with Gasteiger partial charge in [0.15, 0.2) is 0 Å². The van der Waals surface area contributed by atoms with E-state index in [1.165, 1.54) is 18.1 Å². The van der Waals surface area contributed by atoms with E-state index in [4.69, 9.17) is 21.1 Å². The van der Waals surface area contributed by atoms with Crippen molar-refractivity contribution in [1.29, 1.82) is 0 Å². The first-order chi connectivity index (χ1) is 18.5. The number of anilines is 1. The Morgan fingerprint density at radius 2 is 1.58 bits per heavy atom. The first kappa shape index (κ1) is 25.1. The van der Waals surface area contributed by atoms with Crippen molar-refractivity contribution >= 4 is 34.7 Å². The van der Waals surface area contributed by atoms with Crippen molar-refractivity contribution in [3.63, 3.8) is 0 Å². The van der Waals surface area contributed by atoms with Gasteiger partial charge in [-0.15, -0.1) is 0 Å². The summed E-state index contributed by atoms with van der Waals surface area (Å²) in [6.45, 7) is 0.350. The molecule has 5 rings (SSSR count). The first-order valence-corrected chi connectivity index (χ1v) is 12.3. The molecule has 0 saturated carbocycles. The molecule has 4 aromatic rings. The molecule has 7 heteroatoms. The number of aliphatic hydroxyl groups is 1. The van der Waals surface area contributed by atoms with Gasteiger partial charge in [0.2, 0.25) is 0 Å². The van der Waals surface area contributed by atoms with Crippen LogP contribution >= 0.6 is 11.6 Å². The second kappa shape index (κ2) is 10.8. The third-order valence-corrected chi connectivity index (χ3v) is 6.66. The maximum absolute atomic E-state index is 13.4. The molecule has 1 fully saturated rings. The highest BCUT2D eigenvalue weighted by Gasteiger charge is 2.47. The van der Waals surface area contributed by atoms with Crippen molar-refractivity contribution in [3.8, 4) is 11.5 Å². The maximum atomic E-state index is 13.4. The molecule has 0 radical (unpaired) electrons. The second-order valence-electron chi connectivity index (χ2n) is 8.70. The summed E-state index contributed by atoms with van der Waals surface area (Å²) in [5.41, 5.74) is 2.24. The second-order valence-corrected chi connectivity index (χ2v) is 9.10. The fraction of sp³-hybridized carbons (Fsp3) is 0.0968. The number of nitrogens with zero attached hydrogens (tertiary/aromatic N) is 1. The summed E-state index contributed by atoms with van der Waals surface area (Å²) in [6.07, 6.45) is 0. The Morgan fingerprint density at radius 1 is 0.868 bits per heavy atom. The van der Waals surface area contributed by atoms with Gasteiger partial charge in [-0.05, 0) is 53.6 Å². The lowest BCUT2D eigenvalue weighted by Crippen LogP contribution is -2.29. The Balaban J connectivity index is 1.63. The number of ketones is 1. The summed E-state index contributed by atoms with van der Waals surface area (Å²) in [6, 6.07) is 29.6. The summed E-state index contributed by atoms with van der Waals surface area (Å²) in [7, 11) is 1.49. The van der Waals surface area contributed by atoms with Gasteiger partial charge in [0.05, 0.1) is 23.7 Å². The van der Waals surface area contributed by atoms with Crippen molar-refractivity contribution in [2.75, 3.05) is 12.0 Å². The molecular formula is C31H24ClNO5. The predicted molar refractivity (Wildman–Crippen MR) is 146 cm³/mol. The number of hydrogen-bond donors (Lipinski definition) is 1. The van der Waals surface area contributed by atoms with Crippen LogP contribution in [0.5, 0.6) is 11.5 Å². The van der Waals surface area contributed by atoms with Crippen LogP contribution in [-0.2, 0) is 16.2 Å². The van der Waals surface area contributed by atoms with E-state index in [1.54, 1.807) is 60.7 Å². The van der Waals surface area contributed by atoms with Crippen LogP contribution in [0.1, 0.15) is 22.7 Å².